The summed E-state index contributed by atoms with van der Waals surface area (Å²) in [4.78, 5) is 18.1. The summed E-state index contributed by atoms with van der Waals surface area (Å²) in [6.45, 7) is 13.3. The first-order valence-electron chi connectivity index (χ1n) is 26.2. The van der Waals surface area contributed by atoms with Crippen molar-refractivity contribution in [2.24, 2.45) is 0 Å². The fraction of sp³-hybridized carbons (Fsp3) is 0.174. The Balaban J connectivity index is 0.907. The Bertz CT molecular complexity index is 3490. The van der Waals surface area contributed by atoms with E-state index in [2.05, 4.69) is 233 Å². The van der Waals surface area contributed by atoms with Crippen LogP contribution in [0.2, 0.25) is 0 Å². The van der Waals surface area contributed by atoms with Crippen LogP contribution in [0.4, 0.5) is 34.1 Å². The van der Waals surface area contributed by atoms with E-state index in [0.717, 1.165) is 82.1 Å². The summed E-state index contributed by atoms with van der Waals surface area (Å²) in [6, 6.07) is 80.0. The van der Waals surface area contributed by atoms with Crippen molar-refractivity contribution < 1.29 is 14.3 Å². The van der Waals surface area contributed by atoms with Gasteiger partial charge in [-0.1, -0.05) is 156 Å². The van der Waals surface area contributed by atoms with Crippen molar-refractivity contribution >= 4 is 61.5 Å². The summed E-state index contributed by atoms with van der Waals surface area (Å²) < 4.78 is 12.9. The highest BCUT2D eigenvalue weighted by atomic mass is 16.5. The summed E-state index contributed by atoms with van der Waals surface area (Å²) >= 11 is 0. The molecule has 0 unspecified atom stereocenters. The average molecular weight is 969 g/mol. The first-order chi connectivity index (χ1) is 36.1. The van der Waals surface area contributed by atoms with Gasteiger partial charge in [0.1, 0.15) is 22.8 Å². The maximum atomic E-state index is 13.5. The molecule has 74 heavy (non-hydrogen) atoms. The molecule has 0 amide bonds. The number of benzene rings is 10. The lowest BCUT2D eigenvalue weighted by Gasteiger charge is -2.30. The molecule has 5 heteroatoms. The molecular weight excluding hydrogens is 905 g/mol. The summed E-state index contributed by atoms with van der Waals surface area (Å²) in [5, 5.41) is 4.69. The molecule has 10 rings (SSSR count). The first kappa shape index (κ1) is 49.2. The summed E-state index contributed by atoms with van der Waals surface area (Å²) in [7, 11) is 0. The molecule has 0 heterocycles. The second-order valence-corrected chi connectivity index (χ2v) is 19.8. The zero-order valence-electron chi connectivity index (χ0n) is 43.4. The molecule has 0 aliphatic carbocycles. The van der Waals surface area contributed by atoms with Crippen LogP contribution in [0.25, 0.3) is 32.7 Å². The van der Waals surface area contributed by atoms with E-state index in [1.807, 2.05) is 48.5 Å². The quantitative estimate of drug-likeness (QED) is 0.0802. The minimum atomic E-state index is -0.207. The Morgan fingerprint density at radius 2 is 0.757 bits per heavy atom. The van der Waals surface area contributed by atoms with Crippen molar-refractivity contribution in [3.8, 4) is 28.4 Å². The van der Waals surface area contributed by atoms with E-state index in [9.17, 15) is 4.79 Å². The zero-order valence-corrected chi connectivity index (χ0v) is 43.4. The monoisotopic (exact) mass is 968 g/mol. The molecule has 0 N–H and O–H groups in total. The fourth-order valence-corrected chi connectivity index (χ4v) is 9.93. The molecule has 0 saturated carbocycles. The third kappa shape index (κ3) is 10.2. The number of nitrogens with zero attached hydrogens (tertiary/aromatic N) is 2. The number of hydrogen-bond acceptors (Lipinski definition) is 5. The van der Waals surface area contributed by atoms with Gasteiger partial charge in [-0.25, -0.2) is 0 Å². The van der Waals surface area contributed by atoms with Gasteiger partial charge in [-0.05, 0) is 175 Å². The van der Waals surface area contributed by atoms with Gasteiger partial charge in [0.05, 0.1) is 11.4 Å². The van der Waals surface area contributed by atoms with Gasteiger partial charge in [-0.15, -0.1) is 0 Å². The second kappa shape index (κ2) is 21.4. The second-order valence-electron chi connectivity index (χ2n) is 19.8. The van der Waals surface area contributed by atoms with Crippen LogP contribution in [-0.4, -0.2) is 11.4 Å². The fourth-order valence-electron chi connectivity index (χ4n) is 9.93. The summed E-state index contributed by atoms with van der Waals surface area (Å²) in [5.41, 5.74) is 11.0. The van der Waals surface area contributed by atoms with Crippen LogP contribution in [0.1, 0.15) is 88.7 Å². The van der Waals surface area contributed by atoms with Crippen molar-refractivity contribution in [1.29, 1.82) is 0 Å². The summed E-state index contributed by atoms with van der Waals surface area (Å²) in [6.07, 6.45) is 3.98. The minimum Gasteiger partial charge on any atom is -0.488 e. The van der Waals surface area contributed by atoms with Gasteiger partial charge in [0.15, 0.2) is 5.78 Å². The molecule has 0 atom stereocenters. The van der Waals surface area contributed by atoms with Crippen LogP contribution in [-0.2, 0) is 5.41 Å². The Morgan fingerprint density at radius 3 is 1.18 bits per heavy atom. The van der Waals surface area contributed by atoms with Crippen LogP contribution in [0.5, 0.6) is 17.2 Å². The van der Waals surface area contributed by atoms with E-state index in [1.165, 1.54) is 21.7 Å². The highest BCUT2D eigenvalue weighted by molar-refractivity contribution is 6.09. The molecule has 0 aliphatic rings. The summed E-state index contributed by atoms with van der Waals surface area (Å²) in [5.74, 6) is 2.23. The zero-order chi connectivity index (χ0) is 51.2. The Hall–Kier alpha value is -8.41. The van der Waals surface area contributed by atoms with Crippen molar-refractivity contribution in [3.05, 3.63) is 247 Å². The number of rotatable bonds is 18. The SMILES string of the molecule is CCC(C)(CC)Oc1ccc(N(c2ccc(-c3ccc(N(c4ccc(Oc5ccc(C(=O)c6ccc(C(C)(CC)CC)cc6)cc5)cc4)c4cccc5ccccc45)cc3)cc2)c2cccc3ccccc23)cc1. The Labute approximate surface area is 437 Å². The predicted octanol–water partition coefficient (Wildman–Crippen LogP) is 19.7. The van der Waals surface area contributed by atoms with Gasteiger partial charge >= 0.3 is 0 Å². The van der Waals surface area contributed by atoms with Gasteiger partial charge in [0.2, 0.25) is 0 Å². The smallest absolute Gasteiger partial charge is 0.193 e. The molecule has 0 spiro atoms. The molecule has 0 aromatic heterocycles. The molecule has 10 aromatic carbocycles. The van der Waals surface area contributed by atoms with Gasteiger partial charge in [-0.2, -0.15) is 0 Å². The standard InChI is InChI=1S/C69H64N2O3/c1-7-68(5,8-2)55-33-25-53(26-34-55)67(72)54-31-43-60(44-32-54)73-61-45-39-58(40-46-61)70(65-23-15-19-51-17-11-13-21-63(51)65)56-35-27-49(28-36-56)50-29-37-57(38-30-50)71(66-24-16-20-52-18-12-14-22-64(52)66)59-41-47-62(48-42-59)74-69(6,9-3)10-4/h11-48H,7-10H2,1-6H3. The van der Waals surface area contributed by atoms with Gasteiger partial charge < -0.3 is 19.3 Å². The van der Waals surface area contributed by atoms with E-state index >= 15 is 0 Å². The van der Waals surface area contributed by atoms with Crippen molar-refractivity contribution in [2.75, 3.05) is 9.80 Å². The third-order valence-electron chi connectivity index (χ3n) is 15.4. The van der Waals surface area contributed by atoms with Crippen molar-refractivity contribution in [3.63, 3.8) is 0 Å². The lowest BCUT2D eigenvalue weighted by atomic mass is 9.77. The van der Waals surface area contributed by atoms with E-state index in [0.29, 0.717) is 22.6 Å². The lowest BCUT2D eigenvalue weighted by molar-refractivity contribution is 0.0803. The maximum absolute atomic E-state index is 13.5. The number of carbonyl (C=O) groups is 1. The molecule has 0 aliphatic heterocycles. The van der Waals surface area contributed by atoms with Crippen molar-refractivity contribution in [1.82, 2.24) is 0 Å². The van der Waals surface area contributed by atoms with Gasteiger partial charge in [0.25, 0.3) is 0 Å². The molecule has 0 fully saturated rings. The van der Waals surface area contributed by atoms with E-state index in [4.69, 9.17) is 9.47 Å². The molecule has 0 saturated heterocycles. The number of carbonyl (C=O) groups excluding carboxylic acids is 1. The Morgan fingerprint density at radius 1 is 0.392 bits per heavy atom. The van der Waals surface area contributed by atoms with Crippen LogP contribution < -0.4 is 19.3 Å². The molecule has 0 bridgehead atoms. The highest BCUT2D eigenvalue weighted by Crippen LogP contribution is 2.43. The topological polar surface area (TPSA) is 42.0 Å². The number of anilines is 6. The number of ketones is 1. The van der Waals surface area contributed by atoms with E-state index in [-0.39, 0.29) is 16.8 Å². The first-order valence-corrected chi connectivity index (χ1v) is 26.2. The van der Waals surface area contributed by atoms with Crippen LogP contribution in [0.3, 0.4) is 0 Å². The van der Waals surface area contributed by atoms with E-state index < -0.39 is 0 Å². The predicted molar refractivity (Wildman–Crippen MR) is 310 cm³/mol. The van der Waals surface area contributed by atoms with Gasteiger partial charge in [0, 0.05) is 44.6 Å². The van der Waals surface area contributed by atoms with Crippen molar-refractivity contribution in [2.45, 2.75) is 78.2 Å². The molecule has 0 radical (unpaired) electrons. The number of fused-ring (bicyclic) bond motifs is 2. The highest BCUT2D eigenvalue weighted by Gasteiger charge is 2.24. The molecular formula is C69H64N2O3. The molecule has 10 aromatic rings. The maximum Gasteiger partial charge on any atom is 0.193 e. The Kier molecular flexibility index (Phi) is 14.2. The number of hydrogen-bond donors (Lipinski definition) is 0. The largest absolute Gasteiger partial charge is 0.488 e. The van der Waals surface area contributed by atoms with Crippen LogP contribution in [0, 0.1) is 0 Å². The van der Waals surface area contributed by atoms with Crippen LogP contribution >= 0.6 is 0 Å². The number of ether oxygens (including phenoxy) is 2. The van der Waals surface area contributed by atoms with E-state index in [1.54, 1.807) is 0 Å². The minimum absolute atomic E-state index is 0.00301. The lowest BCUT2D eigenvalue weighted by Crippen LogP contribution is -2.30. The normalized spacial score (nSPS) is 11.6. The average Bonchev–Trinajstić information content (AvgIpc) is 3.46. The molecule has 368 valence electrons. The van der Waals surface area contributed by atoms with Gasteiger partial charge in [-0.3, -0.25) is 4.79 Å². The van der Waals surface area contributed by atoms with Crippen LogP contribution in [0.15, 0.2) is 231 Å². The third-order valence-corrected chi connectivity index (χ3v) is 15.4. The molecule has 5 nitrogen and oxygen atoms in total.